The second kappa shape index (κ2) is 6.49. The highest BCUT2D eigenvalue weighted by Gasteiger charge is 2.24. The van der Waals surface area contributed by atoms with Gasteiger partial charge in [0, 0.05) is 15.5 Å². The third-order valence-electron chi connectivity index (χ3n) is 3.92. The van der Waals surface area contributed by atoms with Gasteiger partial charge >= 0.3 is 0 Å². The molecule has 1 aliphatic heterocycles. The number of hydrogen-bond acceptors (Lipinski definition) is 2. The molecule has 2 unspecified atom stereocenters. The number of hydrogen-bond donors (Lipinski definition) is 1. The molecule has 0 saturated carbocycles. The van der Waals surface area contributed by atoms with Crippen molar-refractivity contribution in [1.82, 2.24) is 0 Å². The Labute approximate surface area is 138 Å². The summed E-state index contributed by atoms with van der Waals surface area (Å²) >= 11 is 9.71. The summed E-state index contributed by atoms with van der Waals surface area (Å²) in [5, 5.41) is 0.695. The molecule has 0 amide bonds. The number of ether oxygens (including phenoxy) is 1. The molecule has 2 aromatic rings. The first kappa shape index (κ1) is 15.0. The van der Waals surface area contributed by atoms with Gasteiger partial charge in [-0.2, -0.15) is 0 Å². The van der Waals surface area contributed by atoms with Crippen LogP contribution in [0.5, 0.6) is 0 Å². The molecule has 1 heterocycles. The van der Waals surface area contributed by atoms with Gasteiger partial charge in [-0.25, -0.2) is 0 Å². The van der Waals surface area contributed by atoms with E-state index >= 15 is 0 Å². The Morgan fingerprint density at radius 3 is 2.90 bits per heavy atom. The van der Waals surface area contributed by atoms with E-state index < -0.39 is 0 Å². The summed E-state index contributed by atoms with van der Waals surface area (Å²) in [6.45, 7) is 0.752. The molecule has 0 saturated heterocycles. The molecule has 2 nitrogen and oxygen atoms in total. The molecular formula is C17H17BrClNO. The Morgan fingerprint density at radius 2 is 2.10 bits per heavy atom. The van der Waals surface area contributed by atoms with Crippen molar-refractivity contribution in [3.63, 3.8) is 0 Å². The molecule has 0 aliphatic carbocycles. The third kappa shape index (κ3) is 3.32. The minimum Gasteiger partial charge on any atom is -0.373 e. The molecule has 110 valence electrons. The molecule has 2 N–H and O–H groups in total. The average Bonchev–Trinajstić information content (AvgIpc) is 2.47. The summed E-state index contributed by atoms with van der Waals surface area (Å²) in [5.41, 5.74) is 9.94. The molecule has 2 atom stereocenters. The third-order valence-corrected chi connectivity index (χ3v) is 4.74. The van der Waals surface area contributed by atoms with Gasteiger partial charge in [0.15, 0.2) is 0 Å². The summed E-state index contributed by atoms with van der Waals surface area (Å²) in [5.74, 6) is 0. The van der Waals surface area contributed by atoms with Crippen LogP contribution in [0.1, 0.15) is 35.3 Å². The van der Waals surface area contributed by atoms with Gasteiger partial charge in [-0.15, -0.1) is 0 Å². The van der Waals surface area contributed by atoms with Crippen molar-refractivity contribution in [2.75, 3.05) is 6.61 Å². The standard InChI is InChI=1S/C17H17BrClNO/c18-12-5-6-14(15(19)9-12)16(20)10-17-13-4-2-1-3-11(13)7-8-21-17/h1-6,9,16-17H,7-8,10,20H2. The Balaban J connectivity index is 1.81. The van der Waals surface area contributed by atoms with Crippen LogP contribution in [0.3, 0.4) is 0 Å². The number of fused-ring (bicyclic) bond motifs is 1. The second-order valence-electron chi connectivity index (χ2n) is 5.32. The summed E-state index contributed by atoms with van der Waals surface area (Å²) in [6, 6.07) is 14.1. The normalized spacial score (nSPS) is 19.1. The smallest absolute Gasteiger partial charge is 0.0845 e. The maximum Gasteiger partial charge on any atom is 0.0845 e. The van der Waals surface area contributed by atoms with E-state index in [-0.39, 0.29) is 12.1 Å². The molecule has 2 aromatic carbocycles. The fraction of sp³-hybridized carbons (Fsp3) is 0.294. The van der Waals surface area contributed by atoms with E-state index in [9.17, 15) is 0 Å². The van der Waals surface area contributed by atoms with Crippen molar-refractivity contribution in [2.45, 2.75) is 25.0 Å². The van der Waals surface area contributed by atoms with E-state index in [0.29, 0.717) is 5.02 Å². The summed E-state index contributed by atoms with van der Waals surface area (Å²) in [4.78, 5) is 0. The lowest BCUT2D eigenvalue weighted by atomic mass is 9.92. The Bertz CT molecular complexity index is 646. The minimum atomic E-state index is -0.137. The fourth-order valence-corrected chi connectivity index (χ4v) is 3.65. The Hall–Kier alpha value is -0.870. The fourth-order valence-electron chi connectivity index (χ4n) is 2.83. The van der Waals surface area contributed by atoms with Crippen molar-refractivity contribution in [3.8, 4) is 0 Å². The van der Waals surface area contributed by atoms with Crippen LogP contribution in [0.2, 0.25) is 5.02 Å². The highest BCUT2D eigenvalue weighted by Crippen LogP contribution is 2.35. The lowest BCUT2D eigenvalue weighted by molar-refractivity contribution is 0.0320. The molecular weight excluding hydrogens is 350 g/mol. The molecule has 1 aliphatic rings. The molecule has 0 radical (unpaired) electrons. The summed E-state index contributed by atoms with van der Waals surface area (Å²) < 4.78 is 6.89. The first-order valence-electron chi connectivity index (χ1n) is 7.05. The van der Waals surface area contributed by atoms with Gasteiger partial charge in [0.05, 0.1) is 12.7 Å². The Kier molecular flexibility index (Phi) is 4.65. The van der Waals surface area contributed by atoms with E-state index in [1.54, 1.807) is 0 Å². The predicted octanol–water partition coefficient (Wildman–Crippen LogP) is 4.81. The van der Waals surface area contributed by atoms with Crippen molar-refractivity contribution in [3.05, 3.63) is 68.7 Å². The van der Waals surface area contributed by atoms with E-state index in [4.69, 9.17) is 22.1 Å². The lowest BCUT2D eigenvalue weighted by Crippen LogP contribution is -2.21. The van der Waals surface area contributed by atoms with Gasteiger partial charge in [0.2, 0.25) is 0 Å². The van der Waals surface area contributed by atoms with Crippen molar-refractivity contribution >= 4 is 27.5 Å². The average molecular weight is 367 g/mol. The highest BCUT2D eigenvalue weighted by atomic mass is 79.9. The first-order chi connectivity index (χ1) is 10.1. The molecule has 21 heavy (non-hydrogen) atoms. The molecule has 0 bridgehead atoms. The molecule has 0 fully saturated rings. The number of halogens is 2. The SMILES string of the molecule is NC(CC1OCCc2ccccc21)c1ccc(Br)cc1Cl. The van der Waals surface area contributed by atoms with Crippen LogP contribution in [0.4, 0.5) is 0 Å². The van der Waals surface area contributed by atoms with Crippen LogP contribution < -0.4 is 5.73 Å². The molecule has 4 heteroatoms. The van der Waals surface area contributed by atoms with Crippen LogP contribution in [0.25, 0.3) is 0 Å². The van der Waals surface area contributed by atoms with Crippen molar-refractivity contribution < 1.29 is 4.74 Å². The number of nitrogens with two attached hydrogens (primary N) is 1. The van der Waals surface area contributed by atoms with Crippen LogP contribution in [0.15, 0.2) is 46.9 Å². The van der Waals surface area contributed by atoms with Crippen LogP contribution in [0, 0.1) is 0 Å². The van der Waals surface area contributed by atoms with E-state index in [0.717, 1.165) is 29.5 Å². The second-order valence-corrected chi connectivity index (χ2v) is 6.64. The maximum atomic E-state index is 6.35. The van der Waals surface area contributed by atoms with Crippen LogP contribution >= 0.6 is 27.5 Å². The lowest BCUT2D eigenvalue weighted by Gasteiger charge is -2.28. The number of rotatable bonds is 3. The maximum absolute atomic E-state index is 6.35. The van der Waals surface area contributed by atoms with Gasteiger partial charge in [-0.05, 0) is 41.7 Å². The van der Waals surface area contributed by atoms with Gasteiger partial charge < -0.3 is 10.5 Å². The minimum absolute atomic E-state index is 0.0460. The molecule has 0 spiro atoms. The monoisotopic (exact) mass is 365 g/mol. The Morgan fingerprint density at radius 1 is 1.29 bits per heavy atom. The topological polar surface area (TPSA) is 35.2 Å². The van der Waals surface area contributed by atoms with E-state index in [2.05, 4.69) is 40.2 Å². The largest absolute Gasteiger partial charge is 0.373 e. The van der Waals surface area contributed by atoms with Gasteiger partial charge in [0.1, 0.15) is 0 Å². The highest BCUT2D eigenvalue weighted by molar-refractivity contribution is 9.10. The summed E-state index contributed by atoms with van der Waals surface area (Å²) in [6.07, 6.45) is 1.75. The first-order valence-corrected chi connectivity index (χ1v) is 8.22. The predicted molar refractivity (Wildman–Crippen MR) is 89.5 cm³/mol. The molecule has 3 rings (SSSR count). The zero-order valence-corrected chi connectivity index (χ0v) is 13.9. The van der Waals surface area contributed by atoms with Crippen molar-refractivity contribution in [2.24, 2.45) is 5.73 Å². The quantitative estimate of drug-likeness (QED) is 0.846. The van der Waals surface area contributed by atoms with Gasteiger partial charge in [-0.1, -0.05) is 57.9 Å². The van der Waals surface area contributed by atoms with Gasteiger partial charge in [-0.3, -0.25) is 0 Å². The van der Waals surface area contributed by atoms with Crippen molar-refractivity contribution in [1.29, 1.82) is 0 Å². The zero-order chi connectivity index (χ0) is 14.8. The number of benzene rings is 2. The molecule has 0 aromatic heterocycles. The zero-order valence-electron chi connectivity index (χ0n) is 11.6. The van der Waals surface area contributed by atoms with Crippen LogP contribution in [-0.4, -0.2) is 6.61 Å². The van der Waals surface area contributed by atoms with E-state index in [1.807, 2.05) is 18.2 Å². The summed E-state index contributed by atoms with van der Waals surface area (Å²) in [7, 11) is 0. The van der Waals surface area contributed by atoms with Gasteiger partial charge in [0.25, 0.3) is 0 Å². The van der Waals surface area contributed by atoms with Crippen LogP contribution in [-0.2, 0) is 11.2 Å². The van der Waals surface area contributed by atoms with E-state index in [1.165, 1.54) is 11.1 Å².